The summed E-state index contributed by atoms with van der Waals surface area (Å²) in [5.41, 5.74) is 0.897. The third kappa shape index (κ3) is 4.60. The van der Waals surface area contributed by atoms with Crippen LogP contribution in [0.25, 0.3) is 10.8 Å². The van der Waals surface area contributed by atoms with E-state index >= 15 is 0 Å². The number of hydrogen-bond acceptors (Lipinski definition) is 1. The summed E-state index contributed by atoms with van der Waals surface area (Å²) < 4.78 is 58.0. The highest BCUT2D eigenvalue weighted by Gasteiger charge is 2.36. The molecule has 0 amide bonds. The summed E-state index contributed by atoms with van der Waals surface area (Å²) in [4.78, 5) is 0. The van der Waals surface area contributed by atoms with E-state index in [4.69, 9.17) is 0 Å². The molecule has 2 saturated carbocycles. The van der Waals surface area contributed by atoms with Crippen LogP contribution in [-0.2, 0) is 0 Å². The number of rotatable bonds is 6. The predicted molar refractivity (Wildman–Crippen MR) is 111 cm³/mol. The molecule has 0 heterocycles. The number of alkyl halides is 2. The van der Waals surface area contributed by atoms with Crippen molar-refractivity contribution in [2.75, 3.05) is 0 Å². The van der Waals surface area contributed by atoms with Gasteiger partial charge in [-0.1, -0.05) is 38.7 Å². The minimum absolute atomic E-state index is 0.112. The molecule has 2 aliphatic rings. The lowest BCUT2D eigenvalue weighted by molar-refractivity contribution is -0.0520. The van der Waals surface area contributed by atoms with Crippen molar-refractivity contribution in [3.8, 4) is 5.75 Å². The number of ether oxygens (including phenoxy) is 1. The molecule has 30 heavy (non-hydrogen) atoms. The molecular formula is C25H30F4O. The molecular weight excluding hydrogens is 392 g/mol. The van der Waals surface area contributed by atoms with Crippen LogP contribution in [0.4, 0.5) is 17.6 Å². The summed E-state index contributed by atoms with van der Waals surface area (Å²) in [6.07, 6.45) is 11.1. The average molecular weight is 423 g/mol. The largest absolute Gasteiger partial charge is 0.432 e. The molecule has 1 nitrogen and oxygen atoms in total. The van der Waals surface area contributed by atoms with Crippen molar-refractivity contribution in [3.05, 3.63) is 41.5 Å². The zero-order chi connectivity index (χ0) is 21.3. The second-order valence-corrected chi connectivity index (χ2v) is 9.24. The Morgan fingerprint density at radius 3 is 2.47 bits per heavy atom. The number of hydrogen-bond donors (Lipinski definition) is 0. The smallest absolute Gasteiger partial charge is 0.387 e. The van der Waals surface area contributed by atoms with Crippen LogP contribution in [0.1, 0.15) is 76.2 Å². The Bertz CT molecular complexity index is 881. The molecule has 0 aromatic heterocycles. The molecule has 4 rings (SSSR count). The molecule has 0 aliphatic heterocycles. The third-order valence-electron chi connectivity index (χ3n) is 7.35. The molecule has 2 fully saturated rings. The fraction of sp³-hybridized carbons (Fsp3) is 0.600. The van der Waals surface area contributed by atoms with E-state index in [0.717, 1.165) is 42.4 Å². The summed E-state index contributed by atoms with van der Waals surface area (Å²) in [6.45, 7) is -0.899. The van der Waals surface area contributed by atoms with Gasteiger partial charge >= 0.3 is 6.61 Å². The minimum Gasteiger partial charge on any atom is -0.432 e. The number of fused-ring (bicyclic) bond motifs is 2. The molecule has 2 aromatic rings. The van der Waals surface area contributed by atoms with E-state index in [2.05, 4.69) is 11.7 Å². The lowest BCUT2D eigenvalue weighted by atomic mass is 9.63. The van der Waals surface area contributed by atoms with Crippen molar-refractivity contribution in [2.45, 2.75) is 77.2 Å². The quantitative estimate of drug-likeness (QED) is 0.426. The van der Waals surface area contributed by atoms with Gasteiger partial charge in [0.15, 0.2) is 11.6 Å². The normalized spacial score (nSPS) is 26.7. The van der Waals surface area contributed by atoms with Crippen LogP contribution in [0.5, 0.6) is 5.75 Å². The fourth-order valence-electron chi connectivity index (χ4n) is 5.81. The molecule has 164 valence electrons. The molecule has 0 saturated heterocycles. The van der Waals surface area contributed by atoms with Crippen molar-refractivity contribution in [1.82, 2.24) is 0 Å². The molecule has 2 aromatic carbocycles. The van der Waals surface area contributed by atoms with Crippen LogP contribution in [0, 0.1) is 29.4 Å². The van der Waals surface area contributed by atoms with Gasteiger partial charge in [-0.25, -0.2) is 8.78 Å². The zero-order valence-electron chi connectivity index (χ0n) is 17.5. The van der Waals surface area contributed by atoms with Gasteiger partial charge in [0.25, 0.3) is 0 Å². The van der Waals surface area contributed by atoms with Gasteiger partial charge in [-0.05, 0) is 84.9 Å². The van der Waals surface area contributed by atoms with Crippen LogP contribution in [0.3, 0.4) is 0 Å². The van der Waals surface area contributed by atoms with E-state index in [0.29, 0.717) is 11.3 Å². The van der Waals surface area contributed by atoms with Gasteiger partial charge in [-0.2, -0.15) is 8.78 Å². The Balaban J connectivity index is 1.50. The Kier molecular flexibility index (Phi) is 6.54. The zero-order valence-corrected chi connectivity index (χ0v) is 17.5. The summed E-state index contributed by atoms with van der Waals surface area (Å²) in [5.74, 6) is 0.600. The van der Waals surface area contributed by atoms with Gasteiger partial charge in [0, 0.05) is 5.39 Å². The molecule has 5 heteroatoms. The van der Waals surface area contributed by atoms with Crippen molar-refractivity contribution in [2.24, 2.45) is 17.8 Å². The van der Waals surface area contributed by atoms with Gasteiger partial charge in [0.05, 0.1) is 0 Å². The highest BCUT2D eigenvalue weighted by molar-refractivity contribution is 5.85. The van der Waals surface area contributed by atoms with E-state index in [1.165, 1.54) is 51.0 Å². The van der Waals surface area contributed by atoms with E-state index < -0.39 is 24.0 Å². The Labute approximate surface area is 175 Å². The molecule has 0 bridgehead atoms. The monoisotopic (exact) mass is 422 g/mol. The predicted octanol–water partition coefficient (Wildman–Crippen LogP) is 8.21. The van der Waals surface area contributed by atoms with Crippen molar-refractivity contribution >= 4 is 10.8 Å². The Morgan fingerprint density at radius 2 is 1.70 bits per heavy atom. The van der Waals surface area contributed by atoms with Crippen molar-refractivity contribution < 1.29 is 22.3 Å². The van der Waals surface area contributed by atoms with E-state index in [-0.39, 0.29) is 11.3 Å². The summed E-state index contributed by atoms with van der Waals surface area (Å²) in [7, 11) is 0. The van der Waals surface area contributed by atoms with Crippen LogP contribution >= 0.6 is 0 Å². The van der Waals surface area contributed by atoms with E-state index in [9.17, 15) is 17.6 Å². The van der Waals surface area contributed by atoms with E-state index in [1.807, 2.05) is 6.07 Å². The molecule has 4 atom stereocenters. The van der Waals surface area contributed by atoms with Crippen LogP contribution in [0.2, 0.25) is 0 Å². The lowest BCUT2D eigenvalue weighted by Gasteiger charge is -2.42. The highest BCUT2D eigenvalue weighted by Crippen LogP contribution is 2.48. The third-order valence-corrected chi connectivity index (χ3v) is 7.35. The summed E-state index contributed by atoms with van der Waals surface area (Å²) in [6, 6.07) is 5.46. The SMILES string of the molecule is CCCC[C@@H]1CC[C@@H]2CC(c3cc(F)c4cc(OC(F)F)c(F)cc4c3)CCC2C1. The molecule has 2 aliphatic carbocycles. The van der Waals surface area contributed by atoms with Crippen molar-refractivity contribution in [1.29, 1.82) is 0 Å². The lowest BCUT2D eigenvalue weighted by Crippen LogP contribution is -2.30. The van der Waals surface area contributed by atoms with E-state index in [1.54, 1.807) is 0 Å². The number of unbranched alkanes of at least 4 members (excludes halogenated alkanes) is 1. The fourth-order valence-corrected chi connectivity index (χ4v) is 5.81. The van der Waals surface area contributed by atoms with Gasteiger partial charge in [0.1, 0.15) is 5.82 Å². The summed E-state index contributed by atoms with van der Waals surface area (Å²) in [5, 5.41) is 0.510. The first-order valence-electron chi connectivity index (χ1n) is 11.3. The topological polar surface area (TPSA) is 9.23 Å². The maximum Gasteiger partial charge on any atom is 0.387 e. The average Bonchev–Trinajstić information content (AvgIpc) is 2.72. The van der Waals surface area contributed by atoms with Crippen LogP contribution < -0.4 is 4.74 Å². The first-order chi connectivity index (χ1) is 14.4. The Hall–Kier alpha value is -1.78. The molecule has 2 unspecified atom stereocenters. The van der Waals surface area contributed by atoms with Crippen molar-refractivity contribution in [3.63, 3.8) is 0 Å². The first kappa shape index (κ1) is 21.5. The Morgan fingerprint density at radius 1 is 0.933 bits per heavy atom. The maximum atomic E-state index is 14.8. The first-order valence-corrected chi connectivity index (χ1v) is 11.3. The number of halogens is 4. The van der Waals surface area contributed by atoms with Crippen LogP contribution in [0.15, 0.2) is 24.3 Å². The second kappa shape index (κ2) is 9.15. The maximum absolute atomic E-state index is 14.8. The van der Waals surface area contributed by atoms with Gasteiger partial charge in [-0.15, -0.1) is 0 Å². The molecule has 0 N–H and O–H groups in total. The van der Waals surface area contributed by atoms with Crippen LogP contribution in [-0.4, -0.2) is 6.61 Å². The second-order valence-electron chi connectivity index (χ2n) is 9.24. The number of benzene rings is 2. The van der Waals surface area contributed by atoms with Gasteiger partial charge < -0.3 is 4.74 Å². The summed E-state index contributed by atoms with van der Waals surface area (Å²) >= 11 is 0. The van der Waals surface area contributed by atoms with Gasteiger partial charge in [-0.3, -0.25) is 0 Å². The molecule has 0 spiro atoms. The molecule has 0 radical (unpaired) electrons. The van der Waals surface area contributed by atoms with Gasteiger partial charge in [0.2, 0.25) is 0 Å². The minimum atomic E-state index is -3.15. The standard InChI is InChI=1S/C25H30F4O/c1-2-3-4-15-5-6-17-10-18(8-7-16(17)9-15)19-11-20-13-23(27)24(30-25(28)29)14-21(20)22(26)12-19/h11-18,25H,2-10H2,1H3/t15-,16?,17-,18?/m1/s1. The highest BCUT2D eigenvalue weighted by atomic mass is 19.3.